The molecule has 0 aliphatic carbocycles. The molecule has 0 spiro atoms. The van der Waals surface area contributed by atoms with E-state index in [1.807, 2.05) is 29.2 Å². The lowest BCUT2D eigenvalue weighted by molar-refractivity contribution is 0.0711. The Balaban J connectivity index is 1.28. The van der Waals surface area contributed by atoms with E-state index in [0.717, 1.165) is 42.8 Å². The van der Waals surface area contributed by atoms with Gasteiger partial charge in [0.25, 0.3) is 5.91 Å². The number of para-hydroxylation sites is 2. The fourth-order valence-corrected chi connectivity index (χ4v) is 3.73. The predicted octanol–water partition coefficient (Wildman–Crippen LogP) is 3.31. The Morgan fingerprint density at radius 2 is 1.88 bits per heavy atom. The number of aromatic nitrogens is 2. The van der Waals surface area contributed by atoms with Crippen LogP contribution in [0.4, 0.5) is 0 Å². The third-order valence-corrected chi connectivity index (χ3v) is 5.20. The van der Waals surface area contributed by atoms with Crippen LogP contribution in [0.1, 0.15) is 34.9 Å². The van der Waals surface area contributed by atoms with Crippen LogP contribution in [0.2, 0.25) is 0 Å². The first kappa shape index (κ1) is 15.3. The molecule has 2 aliphatic rings. The van der Waals surface area contributed by atoms with Crippen LogP contribution in [0.25, 0.3) is 11.0 Å². The number of carbonyl (C=O) groups excluding carboxylic acids is 1. The molecule has 1 N–H and O–H groups in total. The highest BCUT2D eigenvalue weighted by Gasteiger charge is 2.27. The molecule has 0 atom stereocenters. The molecule has 0 saturated carbocycles. The molecule has 0 bridgehead atoms. The quantitative estimate of drug-likeness (QED) is 0.771. The van der Waals surface area contributed by atoms with E-state index in [9.17, 15) is 4.79 Å². The molecule has 6 heteroatoms. The van der Waals surface area contributed by atoms with E-state index in [0.29, 0.717) is 23.0 Å². The van der Waals surface area contributed by atoms with Crippen LogP contribution in [-0.4, -0.2) is 40.7 Å². The number of nitrogens with zero attached hydrogens (tertiary/aromatic N) is 2. The standard InChI is InChI=1S/C20H19N3O3/c24-20(14-5-6-17-18(11-14)26-12-25-17)23-9-7-13(8-10-23)19-21-15-3-1-2-4-16(15)22-19/h1-6,11,13H,7-10,12H2,(H,21,22). The Labute approximate surface area is 150 Å². The highest BCUT2D eigenvalue weighted by Crippen LogP contribution is 2.34. The maximum absolute atomic E-state index is 12.8. The van der Waals surface area contributed by atoms with E-state index in [1.165, 1.54) is 0 Å². The summed E-state index contributed by atoms with van der Waals surface area (Å²) in [5.74, 6) is 2.79. The Hall–Kier alpha value is -3.02. The van der Waals surface area contributed by atoms with Crippen molar-refractivity contribution in [3.63, 3.8) is 0 Å². The van der Waals surface area contributed by atoms with Gasteiger partial charge in [-0.25, -0.2) is 4.98 Å². The van der Waals surface area contributed by atoms with E-state index in [4.69, 9.17) is 14.5 Å². The van der Waals surface area contributed by atoms with E-state index in [2.05, 4.69) is 4.98 Å². The zero-order chi connectivity index (χ0) is 17.5. The molecule has 132 valence electrons. The molecule has 6 nitrogen and oxygen atoms in total. The van der Waals surface area contributed by atoms with Crippen molar-refractivity contribution in [3.8, 4) is 11.5 Å². The van der Waals surface area contributed by atoms with Crippen LogP contribution < -0.4 is 9.47 Å². The summed E-state index contributed by atoms with van der Waals surface area (Å²) < 4.78 is 10.7. The Kier molecular flexibility index (Phi) is 3.55. The van der Waals surface area contributed by atoms with Crippen molar-refractivity contribution < 1.29 is 14.3 Å². The van der Waals surface area contributed by atoms with Gasteiger partial charge >= 0.3 is 0 Å². The smallest absolute Gasteiger partial charge is 0.253 e. The number of amides is 1. The summed E-state index contributed by atoms with van der Waals surface area (Å²) in [5, 5.41) is 0. The van der Waals surface area contributed by atoms with Gasteiger partial charge in [-0.3, -0.25) is 4.79 Å². The summed E-state index contributed by atoms with van der Waals surface area (Å²) in [5.41, 5.74) is 2.72. The largest absolute Gasteiger partial charge is 0.454 e. The minimum atomic E-state index is 0.0476. The molecule has 0 unspecified atom stereocenters. The number of hydrogen-bond donors (Lipinski definition) is 1. The molecule has 2 aliphatic heterocycles. The number of H-pyrrole nitrogens is 1. The molecule has 0 radical (unpaired) electrons. The molecular formula is C20H19N3O3. The number of imidazole rings is 1. The fourth-order valence-electron chi connectivity index (χ4n) is 3.73. The van der Waals surface area contributed by atoms with Crippen molar-refractivity contribution in [1.82, 2.24) is 14.9 Å². The van der Waals surface area contributed by atoms with Gasteiger partial charge in [-0.15, -0.1) is 0 Å². The first-order valence-corrected chi connectivity index (χ1v) is 8.91. The summed E-state index contributed by atoms with van der Waals surface area (Å²) in [6.07, 6.45) is 1.83. The SMILES string of the molecule is O=C(c1ccc2c(c1)OCO2)N1CCC(c2nc3ccccc3[nH]2)CC1. The number of benzene rings is 2. The summed E-state index contributed by atoms with van der Waals surface area (Å²) in [7, 11) is 0. The van der Waals surface area contributed by atoms with Gasteiger partial charge in [-0.1, -0.05) is 12.1 Å². The molecule has 1 amide bonds. The topological polar surface area (TPSA) is 67.5 Å². The van der Waals surface area contributed by atoms with E-state index in [-0.39, 0.29) is 12.7 Å². The van der Waals surface area contributed by atoms with Crippen LogP contribution in [0.5, 0.6) is 11.5 Å². The van der Waals surface area contributed by atoms with Crippen molar-refractivity contribution in [1.29, 1.82) is 0 Å². The average molecular weight is 349 g/mol. The lowest BCUT2D eigenvalue weighted by atomic mass is 9.95. The van der Waals surface area contributed by atoms with Gasteiger partial charge in [-0.2, -0.15) is 0 Å². The van der Waals surface area contributed by atoms with Crippen molar-refractivity contribution >= 4 is 16.9 Å². The minimum Gasteiger partial charge on any atom is -0.454 e. The molecular weight excluding hydrogens is 330 g/mol. The number of rotatable bonds is 2. The van der Waals surface area contributed by atoms with Crippen LogP contribution in [0.15, 0.2) is 42.5 Å². The van der Waals surface area contributed by atoms with Gasteiger partial charge in [-0.05, 0) is 43.2 Å². The second-order valence-electron chi connectivity index (χ2n) is 6.77. The summed E-state index contributed by atoms with van der Waals surface area (Å²) >= 11 is 0. The lowest BCUT2D eigenvalue weighted by Gasteiger charge is -2.31. The molecule has 3 heterocycles. The number of hydrogen-bond acceptors (Lipinski definition) is 4. The number of piperidine rings is 1. The Morgan fingerprint density at radius 3 is 2.73 bits per heavy atom. The average Bonchev–Trinajstić information content (AvgIpc) is 3.33. The van der Waals surface area contributed by atoms with Crippen molar-refractivity contribution in [2.24, 2.45) is 0 Å². The predicted molar refractivity (Wildman–Crippen MR) is 96.5 cm³/mol. The van der Waals surface area contributed by atoms with Crippen molar-refractivity contribution in [2.75, 3.05) is 19.9 Å². The summed E-state index contributed by atoms with van der Waals surface area (Å²) in [6, 6.07) is 13.5. The van der Waals surface area contributed by atoms with Crippen LogP contribution >= 0.6 is 0 Å². The lowest BCUT2D eigenvalue weighted by Crippen LogP contribution is -2.38. The van der Waals surface area contributed by atoms with Gasteiger partial charge in [0.15, 0.2) is 11.5 Å². The number of aromatic amines is 1. The van der Waals surface area contributed by atoms with E-state index in [1.54, 1.807) is 18.2 Å². The number of likely N-dealkylation sites (tertiary alicyclic amines) is 1. The van der Waals surface area contributed by atoms with Crippen LogP contribution in [-0.2, 0) is 0 Å². The van der Waals surface area contributed by atoms with Crippen LogP contribution in [0, 0.1) is 0 Å². The highest BCUT2D eigenvalue weighted by molar-refractivity contribution is 5.95. The van der Waals surface area contributed by atoms with Crippen LogP contribution in [0.3, 0.4) is 0 Å². The van der Waals surface area contributed by atoms with Gasteiger partial charge < -0.3 is 19.4 Å². The monoisotopic (exact) mass is 349 g/mol. The number of carbonyl (C=O) groups is 1. The summed E-state index contributed by atoms with van der Waals surface area (Å²) in [6.45, 7) is 1.68. The highest BCUT2D eigenvalue weighted by atomic mass is 16.7. The number of ether oxygens (including phenoxy) is 2. The molecule has 1 saturated heterocycles. The van der Waals surface area contributed by atoms with E-state index >= 15 is 0 Å². The molecule has 1 fully saturated rings. The molecule has 3 aromatic rings. The molecule has 2 aromatic carbocycles. The summed E-state index contributed by atoms with van der Waals surface area (Å²) in [4.78, 5) is 22.8. The Morgan fingerprint density at radius 1 is 1.08 bits per heavy atom. The third-order valence-electron chi connectivity index (χ3n) is 5.20. The zero-order valence-electron chi connectivity index (χ0n) is 14.3. The molecule has 5 rings (SSSR count). The van der Waals surface area contributed by atoms with E-state index < -0.39 is 0 Å². The van der Waals surface area contributed by atoms with Gasteiger partial charge in [0.1, 0.15) is 5.82 Å². The number of nitrogens with one attached hydrogen (secondary N) is 1. The van der Waals surface area contributed by atoms with Crippen molar-refractivity contribution in [3.05, 3.63) is 53.9 Å². The molecule has 1 aromatic heterocycles. The molecule has 26 heavy (non-hydrogen) atoms. The minimum absolute atomic E-state index is 0.0476. The van der Waals surface area contributed by atoms with Gasteiger partial charge in [0, 0.05) is 24.6 Å². The Bertz CT molecular complexity index is 940. The fraction of sp³-hybridized carbons (Fsp3) is 0.300. The van der Waals surface area contributed by atoms with Gasteiger partial charge in [0.2, 0.25) is 6.79 Å². The van der Waals surface area contributed by atoms with Gasteiger partial charge in [0.05, 0.1) is 11.0 Å². The van der Waals surface area contributed by atoms with Crippen molar-refractivity contribution in [2.45, 2.75) is 18.8 Å². The maximum Gasteiger partial charge on any atom is 0.253 e. The number of fused-ring (bicyclic) bond motifs is 2. The third kappa shape index (κ3) is 2.58. The first-order chi connectivity index (χ1) is 12.8. The normalized spacial score (nSPS) is 17.0. The second-order valence-corrected chi connectivity index (χ2v) is 6.77. The second kappa shape index (κ2) is 6.05. The maximum atomic E-state index is 12.8. The first-order valence-electron chi connectivity index (χ1n) is 8.91. The zero-order valence-corrected chi connectivity index (χ0v) is 14.3.